The molecule has 0 aromatic carbocycles. The molecule has 0 radical (unpaired) electrons. The maximum absolute atomic E-state index is 5.78. The van der Waals surface area contributed by atoms with Crippen LogP contribution in [0.1, 0.15) is 50.0 Å². The Morgan fingerprint density at radius 2 is 1.97 bits per heavy atom. The number of likely N-dealkylation sites (N-methyl/N-ethyl adjacent to an activating group) is 1. The first-order valence-electron chi connectivity index (χ1n) is 11.3. The number of likely N-dealkylation sites (tertiary alicyclic amines) is 1. The van der Waals surface area contributed by atoms with Crippen LogP contribution in [0, 0.1) is 25.7 Å². The molecule has 1 aliphatic carbocycles. The first-order valence-corrected chi connectivity index (χ1v) is 11.3. The molecular weight excluding hydrogens is 493 g/mol. The molecule has 0 spiro atoms. The molecule has 2 aliphatic rings. The summed E-state index contributed by atoms with van der Waals surface area (Å²) in [5.74, 6) is 4.24. The summed E-state index contributed by atoms with van der Waals surface area (Å²) in [5, 5.41) is 3.42. The number of nitrogens with one attached hydrogen (secondary N) is 1. The maximum Gasteiger partial charge on any atom is 0.208 e. The summed E-state index contributed by atoms with van der Waals surface area (Å²) < 4.78 is 11.5. The molecule has 2 fully saturated rings. The van der Waals surface area contributed by atoms with Crippen molar-refractivity contribution >= 4 is 29.9 Å². The van der Waals surface area contributed by atoms with Crippen LogP contribution < -0.4 is 5.32 Å². The molecule has 0 atom stereocenters. The van der Waals surface area contributed by atoms with Gasteiger partial charge in [0.2, 0.25) is 5.89 Å². The number of rotatable bonds is 10. The second-order valence-electron chi connectivity index (χ2n) is 8.60. The molecule has 1 aliphatic heterocycles. The van der Waals surface area contributed by atoms with Crippen LogP contribution in [0.3, 0.4) is 0 Å². The number of oxazole rings is 1. The molecule has 1 saturated carbocycles. The molecule has 0 amide bonds. The van der Waals surface area contributed by atoms with Crippen molar-refractivity contribution in [3.8, 4) is 0 Å². The third-order valence-electron chi connectivity index (χ3n) is 5.96. The minimum absolute atomic E-state index is 0. The molecule has 30 heavy (non-hydrogen) atoms. The molecule has 1 aromatic heterocycles. The van der Waals surface area contributed by atoms with Gasteiger partial charge >= 0.3 is 0 Å². The summed E-state index contributed by atoms with van der Waals surface area (Å²) in [6.07, 6.45) is 5.04. The van der Waals surface area contributed by atoms with Crippen molar-refractivity contribution in [2.75, 3.05) is 53.0 Å². The Labute approximate surface area is 199 Å². The minimum atomic E-state index is 0. The SMILES string of the molecule is CCNC(=NCC1CCN(Cc2nc(C)c(C)o2)CC1)N(C)CCOCC1CC1.I. The number of hydrogen-bond donors (Lipinski definition) is 1. The van der Waals surface area contributed by atoms with E-state index in [9.17, 15) is 0 Å². The van der Waals surface area contributed by atoms with Gasteiger partial charge in [-0.1, -0.05) is 0 Å². The predicted octanol–water partition coefficient (Wildman–Crippen LogP) is 3.45. The number of halogens is 1. The lowest BCUT2D eigenvalue weighted by molar-refractivity contribution is 0.115. The highest BCUT2D eigenvalue weighted by Gasteiger charge is 2.22. The van der Waals surface area contributed by atoms with Gasteiger partial charge in [-0.15, -0.1) is 24.0 Å². The second-order valence-corrected chi connectivity index (χ2v) is 8.60. The lowest BCUT2D eigenvalue weighted by Crippen LogP contribution is -2.41. The number of hydrogen-bond acceptors (Lipinski definition) is 5. The lowest BCUT2D eigenvalue weighted by atomic mass is 9.97. The van der Waals surface area contributed by atoms with Gasteiger partial charge in [0.15, 0.2) is 5.96 Å². The minimum Gasteiger partial charge on any atom is -0.444 e. The average Bonchev–Trinajstić information content (AvgIpc) is 3.48. The number of aliphatic imine (C=N–C) groups is 1. The number of nitrogens with zero attached hydrogens (tertiary/aromatic N) is 4. The summed E-state index contributed by atoms with van der Waals surface area (Å²) in [4.78, 5) is 14.1. The summed E-state index contributed by atoms with van der Waals surface area (Å²) in [6.45, 7) is 13.5. The van der Waals surface area contributed by atoms with Crippen LogP contribution >= 0.6 is 24.0 Å². The Hall–Kier alpha value is -0.870. The van der Waals surface area contributed by atoms with Gasteiger partial charge in [-0.2, -0.15) is 0 Å². The molecule has 1 N–H and O–H groups in total. The second kappa shape index (κ2) is 12.9. The van der Waals surface area contributed by atoms with Gasteiger partial charge in [0.25, 0.3) is 0 Å². The van der Waals surface area contributed by atoms with E-state index in [0.717, 1.165) is 81.7 Å². The van der Waals surface area contributed by atoms with Crippen LogP contribution in [0.5, 0.6) is 0 Å². The van der Waals surface area contributed by atoms with Crippen molar-refractivity contribution in [2.45, 2.75) is 53.0 Å². The molecular formula is C22H40IN5O2. The Bertz CT molecular complexity index is 634. The third-order valence-corrected chi connectivity index (χ3v) is 5.96. The summed E-state index contributed by atoms with van der Waals surface area (Å²) in [7, 11) is 2.10. The van der Waals surface area contributed by atoms with Gasteiger partial charge in [-0.05, 0) is 71.4 Å². The Kier molecular flexibility index (Phi) is 10.9. The highest BCUT2D eigenvalue weighted by atomic mass is 127. The normalized spacial score (nSPS) is 18.3. The standard InChI is InChI=1S/C22H39N5O2.HI/c1-5-23-22(26(4)12-13-28-16-20-6-7-20)24-14-19-8-10-27(11-9-19)15-21-25-17(2)18(3)29-21;/h19-20H,5-16H2,1-4H3,(H,23,24);1H. The first-order chi connectivity index (χ1) is 14.0. The Morgan fingerprint density at radius 1 is 1.23 bits per heavy atom. The highest BCUT2D eigenvalue weighted by Crippen LogP contribution is 2.28. The van der Waals surface area contributed by atoms with Crippen molar-refractivity contribution < 1.29 is 9.15 Å². The number of guanidine groups is 1. The number of aromatic nitrogens is 1. The lowest BCUT2D eigenvalue weighted by Gasteiger charge is -2.30. The van der Waals surface area contributed by atoms with Crippen LogP contribution in [-0.2, 0) is 11.3 Å². The number of piperidine rings is 1. The fraction of sp³-hybridized carbons (Fsp3) is 0.818. The van der Waals surface area contributed by atoms with E-state index in [0.29, 0.717) is 5.92 Å². The molecule has 0 unspecified atom stereocenters. The quantitative estimate of drug-likeness (QED) is 0.215. The summed E-state index contributed by atoms with van der Waals surface area (Å²) in [6, 6.07) is 0. The monoisotopic (exact) mass is 533 g/mol. The van der Waals surface area contributed by atoms with Gasteiger partial charge in [-0.3, -0.25) is 9.89 Å². The average molecular weight is 533 g/mol. The van der Waals surface area contributed by atoms with E-state index in [2.05, 4.69) is 34.1 Å². The van der Waals surface area contributed by atoms with Crippen LogP contribution in [0.25, 0.3) is 0 Å². The van der Waals surface area contributed by atoms with Crippen molar-refractivity contribution in [2.24, 2.45) is 16.8 Å². The van der Waals surface area contributed by atoms with Crippen molar-refractivity contribution in [3.05, 3.63) is 17.3 Å². The van der Waals surface area contributed by atoms with Crippen molar-refractivity contribution in [1.82, 2.24) is 20.1 Å². The van der Waals surface area contributed by atoms with E-state index in [1.807, 2.05) is 13.8 Å². The summed E-state index contributed by atoms with van der Waals surface area (Å²) in [5.41, 5.74) is 1.00. The molecule has 0 bridgehead atoms. The van der Waals surface area contributed by atoms with Crippen LogP contribution in [0.4, 0.5) is 0 Å². The van der Waals surface area contributed by atoms with Gasteiger partial charge < -0.3 is 19.4 Å². The molecule has 1 saturated heterocycles. The van der Waals surface area contributed by atoms with Gasteiger partial charge in [0, 0.05) is 33.3 Å². The van der Waals surface area contributed by atoms with Gasteiger partial charge in [0.1, 0.15) is 5.76 Å². The zero-order valence-electron chi connectivity index (χ0n) is 19.2. The van der Waals surface area contributed by atoms with Gasteiger partial charge in [-0.25, -0.2) is 4.98 Å². The Balaban J connectivity index is 0.00000320. The zero-order valence-corrected chi connectivity index (χ0v) is 21.5. The van der Waals surface area contributed by atoms with E-state index in [1.54, 1.807) is 0 Å². The fourth-order valence-electron chi connectivity index (χ4n) is 3.65. The largest absolute Gasteiger partial charge is 0.444 e. The number of ether oxygens (including phenoxy) is 1. The first kappa shape index (κ1) is 25.4. The van der Waals surface area contributed by atoms with Crippen LogP contribution in [-0.4, -0.2) is 73.7 Å². The smallest absolute Gasteiger partial charge is 0.208 e. The Morgan fingerprint density at radius 3 is 2.57 bits per heavy atom. The van der Waals surface area contributed by atoms with Crippen LogP contribution in [0.2, 0.25) is 0 Å². The molecule has 3 rings (SSSR count). The van der Waals surface area contributed by atoms with Crippen molar-refractivity contribution in [1.29, 1.82) is 0 Å². The van der Waals surface area contributed by atoms with Gasteiger partial charge in [0.05, 0.1) is 18.8 Å². The van der Waals surface area contributed by atoms with E-state index in [1.165, 1.54) is 25.7 Å². The summed E-state index contributed by atoms with van der Waals surface area (Å²) >= 11 is 0. The zero-order chi connectivity index (χ0) is 20.6. The molecule has 2 heterocycles. The van der Waals surface area contributed by atoms with E-state index >= 15 is 0 Å². The molecule has 7 nitrogen and oxygen atoms in total. The predicted molar refractivity (Wildman–Crippen MR) is 132 cm³/mol. The van der Waals surface area contributed by atoms with E-state index in [-0.39, 0.29) is 24.0 Å². The third kappa shape index (κ3) is 8.34. The molecule has 172 valence electrons. The number of aryl methyl sites for hydroxylation is 2. The van der Waals surface area contributed by atoms with E-state index in [4.69, 9.17) is 14.1 Å². The van der Waals surface area contributed by atoms with Crippen LogP contribution in [0.15, 0.2) is 9.41 Å². The maximum atomic E-state index is 5.78. The highest BCUT2D eigenvalue weighted by molar-refractivity contribution is 14.0. The molecule has 8 heteroatoms. The van der Waals surface area contributed by atoms with Crippen molar-refractivity contribution in [3.63, 3.8) is 0 Å². The molecule has 1 aromatic rings. The van der Waals surface area contributed by atoms with E-state index < -0.39 is 0 Å². The fourth-order valence-corrected chi connectivity index (χ4v) is 3.65. The topological polar surface area (TPSA) is 66.1 Å².